The zero-order chi connectivity index (χ0) is 21.0. The van der Waals surface area contributed by atoms with E-state index in [1.807, 2.05) is 42.5 Å². The highest BCUT2D eigenvalue weighted by Gasteiger charge is 2.40. The lowest BCUT2D eigenvalue weighted by Crippen LogP contribution is -2.14. The van der Waals surface area contributed by atoms with Gasteiger partial charge in [0.2, 0.25) is 0 Å². The van der Waals surface area contributed by atoms with E-state index in [0.717, 1.165) is 28.7 Å². The van der Waals surface area contributed by atoms with Crippen LogP contribution in [0.2, 0.25) is 0 Å². The molecule has 2 atom stereocenters. The van der Waals surface area contributed by atoms with Crippen molar-refractivity contribution >= 4 is 11.4 Å². The molecule has 1 nitrogen and oxygen atoms in total. The predicted octanol–water partition coefficient (Wildman–Crippen LogP) is 7.29. The molecule has 0 saturated heterocycles. The molecule has 0 radical (unpaired) electrons. The summed E-state index contributed by atoms with van der Waals surface area (Å²) in [6.45, 7) is 0. The Balaban J connectivity index is 1.73. The first-order valence-electron chi connectivity index (χ1n) is 10.8. The number of carbonyl (C=O) groups is 1. The summed E-state index contributed by atoms with van der Waals surface area (Å²) < 4.78 is 0. The van der Waals surface area contributed by atoms with Gasteiger partial charge in [-0.1, -0.05) is 121 Å². The van der Waals surface area contributed by atoms with Crippen LogP contribution in [0.4, 0.5) is 0 Å². The van der Waals surface area contributed by atoms with Crippen molar-refractivity contribution in [3.8, 4) is 0 Å². The Hall–Kier alpha value is -3.71. The third-order valence-corrected chi connectivity index (χ3v) is 6.25. The van der Waals surface area contributed by atoms with Crippen molar-refractivity contribution in [2.45, 2.75) is 18.3 Å². The highest BCUT2D eigenvalue weighted by molar-refractivity contribution is 6.15. The van der Waals surface area contributed by atoms with E-state index in [1.54, 1.807) is 0 Å². The van der Waals surface area contributed by atoms with Crippen LogP contribution in [0, 0.1) is 0 Å². The molecule has 0 amide bonds. The average Bonchev–Trinajstić information content (AvgIpc) is 3.26. The molecule has 4 aromatic carbocycles. The van der Waals surface area contributed by atoms with Gasteiger partial charge < -0.3 is 0 Å². The maximum absolute atomic E-state index is 13.9. The van der Waals surface area contributed by atoms with E-state index in [0.29, 0.717) is 0 Å². The Morgan fingerprint density at radius 2 is 1.06 bits per heavy atom. The molecule has 4 aromatic rings. The fourth-order valence-electron chi connectivity index (χ4n) is 4.84. The zero-order valence-electron chi connectivity index (χ0n) is 17.3. The van der Waals surface area contributed by atoms with Gasteiger partial charge in [0.15, 0.2) is 5.78 Å². The second kappa shape index (κ2) is 8.57. The van der Waals surface area contributed by atoms with Crippen LogP contribution < -0.4 is 0 Å². The lowest BCUT2D eigenvalue weighted by atomic mass is 9.79. The van der Waals surface area contributed by atoms with Crippen LogP contribution in [-0.4, -0.2) is 5.78 Å². The van der Waals surface area contributed by atoms with Crippen LogP contribution in [-0.2, 0) is 0 Å². The van der Waals surface area contributed by atoms with E-state index in [4.69, 9.17) is 0 Å². The second-order valence-corrected chi connectivity index (χ2v) is 8.06. The number of rotatable bonds is 5. The van der Waals surface area contributed by atoms with Crippen LogP contribution >= 0.6 is 0 Å². The summed E-state index contributed by atoms with van der Waals surface area (Å²) in [7, 11) is 0. The monoisotopic (exact) mass is 400 g/mol. The van der Waals surface area contributed by atoms with Gasteiger partial charge in [0.05, 0.1) is 0 Å². The molecule has 0 bridgehead atoms. The van der Waals surface area contributed by atoms with Crippen molar-refractivity contribution < 1.29 is 4.79 Å². The Morgan fingerprint density at radius 1 is 0.581 bits per heavy atom. The van der Waals surface area contributed by atoms with Crippen molar-refractivity contribution in [3.05, 3.63) is 149 Å². The van der Waals surface area contributed by atoms with Crippen molar-refractivity contribution in [3.63, 3.8) is 0 Å². The summed E-state index contributed by atoms with van der Waals surface area (Å²) >= 11 is 0. The maximum Gasteiger partial charge on any atom is 0.189 e. The third-order valence-electron chi connectivity index (χ3n) is 6.25. The maximum atomic E-state index is 13.9. The normalized spacial score (nSPS) is 18.2. The fourth-order valence-corrected chi connectivity index (χ4v) is 4.84. The van der Waals surface area contributed by atoms with E-state index < -0.39 is 0 Å². The molecule has 0 N–H and O–H groups in total. The molecule has 0 saturated carbocycles. The average molecular weight is 401 g/mol. The second-order valence-electron chi connectivity index (χ2n) is 8.06. The van der Waals surface area contributed by atoms with Gasteiger partial charge in [-0.05, 0) is 34.6 Å². The van der Waals surface area contributed by atoms with Crippen LogP contribution in [0.5, 0.6) is 0 Å². The van der Waals surface area contributed by atoms with E-state index in [9.17, 15) is 4.79 Å². The largest absolute Gasteiger partial charge is 0.289 e. The van der Waals surface area contributed by atoms with Gasteiger partial charge in [0.25, 0.3) is 0 Å². The van der Waals surface area contributed by atoms with E-state index >= 15 is 0 Å². The number of benzene rings is 4. The molecule has 5 rings (SSSR count). The van der Waals surface area contributed by atoms with Crippen LogP contribution in [0.3, 0.4) is 0 Å². The first kappa shape index (κ1) is 19.3. The van der Waals surface area contributed by atoms with Crippen molar-refractivity contribution in [1.82, 2.24) is 0 Å². The molecule has 0 spiro atoms. The number of ketones is 1. The number of hydrogen-bond donors (Lipinski definition) is 0. The van der Waals surface area contributed by atoms with Crippen LogP contribution in [0.1, 0.15) is 45.3 Å². The highest BCUT2D eigenvalue weighted by atomic mass is 16.1. The standard InChI is InChI=1S/C30H24O/c31-30(25-19-11-4-12-20-25)29-27(23-15-7-2-8-16-23)21-26(22-13-5-1-6-14-22)28(29)24-17-9-3-10-18-24/h1-20,26,28H,21H2. The van der Waals surface area contributed by atoms with E-state index in [1.165, 1.54) is 11.1 Å². The first-order chi connectivity index (χ1) is 15.3. The highest BCUT2D eigenvalue weighted by Crippen LogP contribution is 2.53. The molecule has 1 aliphatic rings. The number of Topliss-reactive ketones (excluding diaryl/α,β-unsaturated/α-hetero) is 1. The summed E-state index contributed by atoms with van der Waals surface area (Å²) in [6, 6.07) is 41.2. The quantitative estimate of drug-likeness (QED) is 0.321. The SMILES string of the molecule is O=C(C1=C(c2ccccc2)CC(c2ccccc2)C1c1ccccc1)c1ccccc1. The number of carbonyl (C=O) groups excluding carboxylic acids is 1. The van der Waals surface area contributed by atoms with Gasteiger partial charge in [-0.25, -0.2) is 0 Å². The minimum Gasteiger partial charge on any atom is -0.289 e. The molecule has 0 heterocycles. The first-order valence-corrected chi connectivity index (χ1v) is 10.8. The summed E-state index contributed by atoms with van der Waals surface area (Å²) in [5.74, 6) is 0.375. The van der Waals surface area contributed by atoms with Crippen molar-refractivity contribution in [2.75, 3.05) is 0 Å². The predicted molar refractivity (Wildman–Crippen MR) is 127 cm³/mol. The molecule has 0 aliphatic heterocycles. The van der Waals surface area contributed by atoms with Gasteiger partial charge in [0, 0.05) is 17.1 Å². The molecule has 0 fully saturated rings. The Kier molecular flexibility index (Phi) is 5.33. The minimum atomic E-state index is 0.0199. The zero-order valence-corrected chi connectivity index (χ0v) is 17.3. The van der Waals surface area contributed by atoms with Crippen LogP contribution in [0.25, 0.3) is 5.57 Å². The van der Waals surface area contributed by atoms with Crippen molar-refractivity contribution in [2.24, 2.45) is 0 Å². The lowest BCUT2D eigenvalue weighted by Gasteiger charge is -2.23. The van der Waals surface area contributed by atoms with Crippen LogP contribution in [0.15, 0.2) is 127 Å². The number of allylic oxidation sites excluding steroid dienone is 2. The summed E-state index contributed by atoms with van der Waals surface area (Å²) in [5.41, 5.74) is 6.46. The van der Waals surface area contributed by atoms with E-state index in [2.05, 4.69) is 78.9 Å². The Bertz CT molecular complexity index is 1190. The van der Waals surface area contributed by atoms with Gasteiger partial charge in [-0.3, -0.25) is 4.79 Å². The molecule has 2 unspecified atom stereocenters. The summed E-state index contributed by atoms with van der Waals surface area (Å²) in [5, 5.41) is 0. The molecular formula is C30H24O. The van der Waals surface area contributed by atoms with Crippen molar-refractivity contribution in [1.29, 1.82) is 0 Å². The smallest absolute Gasteiger partial charge is 0.189 e. The molecule has 0 aromatic heterocycles. The van der Waals surface area contributed by atoms with Gasteiger partial charge in [-0.15, -0.1) is 0 Å². The molecule has 31 heavy (non-hydrogen) atoms. The minimum absolute atomic E-state index is 0.0199. The molecular weight excluding hydrogens is 376 g/mol. The van der Waals surface area contributed by atoms with E-state index in [-0.39, 0.29) is 17.6 Å². The Morgan fingerprint density at radius 3 is 1.65 bits per heavy atom. The lowest BCUT2D eigenvalue weighted by molar-refractivity contribution is 0.102. The molecule has 1 aliphatic carbocycles. The molecule has 1 heteroatoms. The summed E-state index contributed by atoms with van der Waals surface area (Å²) in [4.78, 5) is 13.9. The molecule has 150 valence electrons. The van der Waals surface area contributed by atoms with Gasteiger partial charge >= 0.3 is 0 Å². The van der Waals surface area contributed by atoms with Gasteiger partial charge in [-0.2, -0.15) is 0 Å². The van der Waals surface area contributed by atoms with Gasteiger partial charge in [0.1, 0.15) is 0 Å². The topological polar surface area (TPSA) is 17.1 Å². The number of hydrogen-bond acceptors (Lipinski definition) is 1. The third kappa shape index (κ3) is 3.75. The summed E-state index contributed by atoms with van der Waals surface area (Å²) in [6.07, 6.45) is 0.849. The Labute approximate surface area is 183 Å². The fraction of sp³-hybridized carbons (Fsp3) is 0.100.